The van der Waals surface area contributed by atoms with Gasteiger partial charge in [-0.15, -0.1) is 0 Å². The summed E-state index contributed by atoms with van der Waals surface area (Å²) < 4.78 is 5.22. The Labute approximate surface area is 94.6 Å². The fourth-order valence-electron chi connectivity index (χ4n) is 1.47. The van der Waals surface area contributed by atoms with Crippen LogP contribution in [0.4, 0.5) is 0 Å². The number of hydrogen-bond donors (Lipinski definition) is 0. The Morgan fingerprint density at radius 1 is 1.43 bits per heavy atom. The quantitative estimate of drug-likeness (QED) is 0.747. The number of aryl methyl sites for hydroxylation is 1. The van der Waals surface area contributed by atoms with Crippen LogP contribution in [-0.2, 0) is 6.42 Å². The number of methoxy groups -OCH3 is 1. The largest absolute Gasteiger partial charge is 0.496 e. The van der Waals surface area contributed by atoms with Gasteiger partial charge in [-0.25, -0.2) is 0 Å². The van der Waals surface area contributed by atoms with Crippen LogP contribution in [0.3, 0.4) is 0 Å². The first-order valence-corrected chi connectivity index (χ1v) is 5.86. The molecule has 0 aliphatic carbocycles. The number of benzene rings is 1. The van der Waals surface area contributed by atoms with Crippen molar-refractivity contribution in [2.45, 2.75) is 31.5 Å². The fraction of sp³-hybridized carbons (Fsp3) is 0.500. The van der Waals surface area contributed by atoms with Gasteiger partial charge in [0.2, 0.25) is 0 Å². The van der Waals surface area contributed by atoms with Gasteiger partial charge in [-0.1, -0.05) is 35.0 Å². The molecule has 0 saturated heterocycles. The lowest BCUT2D eigenvalue weighted by molar-refractivity contribution is 0.411. The van der Waals surface area contributed by atoms with Crippen LogP contribution in [0.15, 0.2) is 18.2 Å². The van der Waals surface area contributed by atoms with Gasteiger partial charge in [0.25, 0.3) is 0 Å². The van der Waals surface area contributed by atoms with Gasteiger partial charge in [0.05, 0.1) is 7.11 Å². The SMILES string of the molecule is CCC(Br)Cc1ccc(OC)c(C)c1. The Balaban J connectivity index is 2.76. The summed E-state index contributed by atoms with van der Waals surface area (Å²) in [5.74, 6) is 0.969. The van der Waals surface area contributed by atoms with Crippen molar-refractivity contribution in [2.24, 2.45) is 0 Å². The molecule has 1 atom stereocenters. The molecule has 1 rings (SSSR count). The van der Waals surface area contributed by atoms with Crippen molar-refractivity contribution in [2.75, 3.05) is 7.11 Å². The molecule has 0 spiro atoms. The first-order valence-electron chi connectivity index (χ1n) is 4.95. The van der Waals surface area contributed by atoms with Crippen LogP contribution in [0.25, 0.3) is 0 Å². The highest BCUT2D eigenvalue weighted by atomic mass is 79.9. The molecule has 0 N–H and O–H groups in total. The lowest BCUT2D eigenvalue weighted by atomic mass is 10.1. The van der Waals surface area contributed by atoms with E-state index in [0.29, 0.717) is 4.83 Å². The zero-order chi connectivity index (χ0) is 10.6. The summed E-state index contributed by atoms with van der Waals surface area (Å²) in [5.41, 5.74) is 2.58. The van der Waals surface area contributed by atoms with Gasteiger partial charge in [0.15, 0.2) is 0 Å². The van der Waals surface area contributed by atoms with E-state index in [2.05, 4.69) is 41.9 Å². The molecule has 0 heterocycles. The molecule has 2 heteroatoms. The van der Waals surface area contributed by atoms with Crippen LogP contribution in [0.2, 0.25) is 0 Å². The normalized spacial score (nSPS) is 12.6. The standard InChI is InChI=1S/C12H17BrO/c1-4-11(13)8-10-5-6-12(14-3)9(2)7-10/h5-7,11H,4,8H2,1-3H3. The lowest BCUT2D eigenvalue weighted by Crippen LogP contribution is -2.01. The summed E-state index contributed by atoms with van der Waals surface area (Å²) in [5, 5.41) is 0. The summed E-state index contributed by atoms with van der Waals surface area (Å²) in [4.78, 5) is 0.579. The van der Waals surface area contributed by atoms with E-state index in [1.807, 2.05) is 6.07 Å². The van der Waals surface area contributed by atoms with Gasteiger partial charge >= 0.3 is 0 Å². The third kappa shape index (κ3) is 3.02. The molecule has 1 aromatic rings. The van der Waals surface area contributed by atoms with Crippen LogP contribution in [0.5, 0.6) is 5.75 Å². The van der Waals surface area contributed by atoms with E-state index in [4.69, 9.17) is 4.74 Å². The van der Waals surface area contributed by atoms with Crippen molar-refractivity contribution in [3.63, 3.8) is 0 Å². The van der Waals surface area contributed by atoms with Gasteiger partial charge in [-0.05, 0) is 37.0 Å². The number of ether oxygens (including phenoxy) is 1. The topological polar surface area (TPSA) is 9.23 Å². The molecule has 1 aromatic carbocycles. The van der Waals surface area contributed by atoms with E-state index in [1.165, 1.54) is 11.1 Å². The third-order valence-corrected chi connectivity index (χ3v) is 3.33. The molecule has 1 unspecified atom stereocenters. The second-order valence-corrected chi connectivity index (χ2v) is 4.81. The first kappa shape index (κ1) is 11.6. The molecule has 0 aromatic heterocycles. The molecular formula is C12H17BrO. The van der Waals surface area contributed by atoms with Gasteiger partial charge in [0, 0.05) is 4.83 Å². The van der Waals surface area contributed by atoms with E-state index < -0.39 is 0 Å². The number of hydrogen-bond acceptors (Lipinski definition) is 1. The van der Waals surface area contributed by atoms with Crippen LogP contribution in [0.1, 0.15) is 24.5 Å². The lowest BCUT2D eigenvalue weighted by Gasteiger charge is -2.09. The van der Waals surface area contributed by atoms with Crippen molar-refractivity contribution < 1.29 is 4.74 Å². The zero-order valence-electron chi connectivity index (χ0n) is 9.01. The first-order chi connectivity index (χ1) is 6.67. The maximum Gasteiger partial charge on any atom is 0.121 e. The van der Waals surface area contributed by atoms with E-state index in [-0.39, 0.29) is 0 Å². The Bertz CT molecular complexity index is 296. The Morgan fingerprint density at radius 2 is 2.14 bits per heavy atom. The highest BCUT2D eigenvalue weighted by Gasteiger charge is 2.04. The molecule has 0 radical (unpaired) electrons. The average Bonchev–Trinajstić information content (AvgIpc) is 2.18. The van der Waals surface area contributed by atoms with Crippen LogP contribution < -0.4 is 4.74 Å². The number of rotatable bonds is 4. The maximum atomic E-state index is 5.22. The van der Waals surface area contributed by atoms with Crippen molar-refractivity contribution in [3.8, 4) is 5.75 Å². The highest BCUT2D eigenvalue weighted by molar-refractivity contribution is 9.09. The average molecular weight is 257 g/mol. The van der Waals surface area contributed by atoms with Gasteiger partial charge < -0.3 is 4.74 Å². The van der Waals surface area contributed by atoms with Crippen molar-refractivity contribution in [1.82, 2.24) is 0 Å². The Hall–Kier alpha value is -0.500. The van der Waals surface area contributed by atoms with Crippen molar-refractivity contribution in [1.29, 1.82) is 0 Å². The van der Waals surface area contributed by atoms with Crippen molar-refractivity contribution >= 4 is 15.9 Å². The second-order valence-electron chi connectivity index (χ2n) is 3.51. The number of halogens is 1. The minimum Gasteiger partial charge on any atom is -0.496 e. The van der Waals surface area contributed by atoms with E-state index in [1.54, 1.807) is 7.11 Å². The number of alkyl halides is 1. The van der Waals surface area contributed by atoms with Gasteiger partial charge in [0.1, 0.15) is 5.75 Å². The molecule has 14 heavy (non-hydrogen) atoms. The van der Waals surface area contributed by atoms with Crippen LogP contribution >= 0.6 is 15.9 Å². The Kier molecular flexibility index (Phi) is 4.46. The Morgan fingerprint density at radius 3 is 2.64 bits per heavy atom. The smallest absolute Gasteiger partial charge is 0.121 e. The summed E-state index contributed by atoms with van der Waals surface area (Å²) in [6.45, 7) is 4.27. The molecule has 0 fully saturated rings. The minimum absolute atomic E-state index is 0.579. The van der Waals surface area contributed by atoms with E-state index in [9.17, 15) is 0 Å². The molecule has 0 aliphatic heterocycles. The van der Waals surface area contributed by atoms with Gasteiger partial charge in [-0.3, -0.25) is 0 Å². The van der Waals surface area contributed by atoms with Crippen LogP contribution in [-0.4, -0.2) is 11.9 Å². The summed E-state index contributed by atoms with van der Waals surface area (Å²) in [6.07, 6.45) is 2.24. The maximum absolute atomic E-state index is 5.22. The van der Waals surface area contributed by atoms with Gasteiger partial charge in [-0.2, -0.15) is 0 Å². The molecule has 0 bridgehead atoms. The predicted octanol–water partition coefficient (Wildman–Crippen LogP) is 3.72. The highest BCUT2D eigenvalue weighted by Crippen LogP contribution is 2.21. The third-order valence-electron chi connectivity index (χ3n) is 2.36. The predicted molar refractivity (Wildman–Crippen MR) is 64.4 cm³/mol. The fourth-order valence-corrected chi connectivity index (χ4v) is 1.84. The summed E-state index contributed by atoms with van der Waals surface area (Å²) >= 11 is 3.64. The molecule has 0 saturated carbocycles. The molecule has 0 amide bonds. The second kappa shape index (κ2) is 5.40. The minimum atomic E-state index is 0.579. The molecule has 78 valence electrons. The molecule has 0 aliphatic rings. The molecular weight excluding hydrogens is 240 g/mol. The van der Waals surface area contributed by atoms with E-state index in [0.717, 1.165) is 18.6 Å². The summed E-state index contributed by atoms with van der Waals surface area (Å²) in [7, 11) is 1.71. The van der Waals surface area contributed by atoms with Crippen LogP contribution in [0, 0.1) is 6.92 Å². The monoisotopic (exact) mass is 256 g/mol. The zero-order valence-corrected chi connectivity index (χ0v) is 10.6. The molecule has 1 nitrogen and oxygen atoms in total. The van der Waals surface area contributed by atoms with E-state index >= 15 is 0 Å². The van der Waals surface area contributed by atoms with Crippen molar-refractivity contribution in [3.05, 3.63) is 29.3 Å². The summed E-state index contributed by atoms with van der Waals surface area (Å²) in [6, 6.07) is 6.37.